The molecule has 4 atom stereocenters. The molecular formula is C17H24O4. The van der Waals surface area contributed by atoms with Crippen LogP contribution in [0.3, 0.4) is 0 Å². The van der Waals surface area contributed by atoms with E-state index in [0.717, 1.165) is 6.42 Å². The van der Waals surface area contributed by atoms with Crippen LogP contribution in [-0.2, 0) is 9.53 Å². The lowest BCUT2D eigenvalue weighted by molar-refractivity contribution is -0.135. The van der Waals surface area contributed by atoms with Crippen molar-refractivity contribution >= 4 is 11.8 Å². The highest BCUT2D eigenvalue weighted by atomic mass is 16.5. The van der Waals surface area contributed by atoms with Gasteiger partial charge in [-0.1, -0.05) is 45.4 Å². The van der Waals surface area contributed by atoms with Crippen LogP contribution >= 0.6 is 0 Å². The second-order valence-corrected chi connectivity index (χ2v) is 5.48. The van der Waals surface area contributed by atoms with Gasteiger partial charge in [-0.2, -0.15) is 0 Å². The predicted octanol–water partition coefficient (Wildman–Crippen LogP) is 2.84. The molecule has 116 valence electrons. The maximum atomic E-state index is 12.2. The van der Waals surface area contributed by atoms with Crippen LogP contribution in [0.1, 0.15) is 44.5 Å². The monoisotopic (exact) mass is 292 g/mol. The van der Waals surface area contributed by atoms with E-state index >= 15 is 0 Å². The summed E-state index contributed by atoms with van der Waals surface area (Å²) in [5.74, 6) is -1.31. The first-order chi connectivity index (χ1) is 9.88. The molecule has 1 rings (SSSR count). The third-order valence-corrected chi connectivity index (χ3v) is 3.88. The smallest absolute Gasteiger partial charge is 0.338 e. The molecule has 1 N–H and O–H groups in total. The maximum Gasteiger partial charge on any atom is 0.338 e. The Hall–Kier alpha value is -1.68. The molecule has 0 spiro atoms. The number of hydrogen-bond donors (Lipinski definition) is 1. The summed E-state index contributed by atoms with van der Waals surface area (Å²) >= 11 is 0. The van der Waals surface area contributed by atoms with E-state index in [1.165, 1.54) is 0 Å². The van der Waals surface area contributed by atoms with Gasteiger partial charge in [-0.3, -0.25) is 4.79 Å². The molecule has 0 amide bonds. The molecule has 0 aromatic heterocycles. The van der Waals surface area contributed by atoms with Gasteiger partial charge in [0.25, 0.3) is 0 Å². The van der Waals surface area contributed by atoms with Crippen molar-refractivity contribution < 1.29 is 19.4 Å². The minimum Gasteiger partial charge on any atom is -0.451 e. The van der Waals surface area contributed by atoms with E-state index < -0.39 is 24.1 Å². The van der Waals surface area contributed by atoms with Crippen molar-refractivity contribution in [3.05, 3.63) is 35.9 Å². The zero-order chi connectivity index (χ0) is 16.0. The van der Waals surface area contributed by atoms with Gasteiger partial charge in [-0.05, 0) is 25.0 Å². The van der Waals surface area contributed by atoms with Crippen molar-refractivity contribution in [2.45, 2.75) is 46.3 Å². The number of aliphatic hydroxyl groups excluding tert-OH is 1. The fourth-order valence-corrected chi connectivity index (χ4v) is 2.13. The Kier molecular flexibility index (Phi) is 6.56. The number of esters is 1. The Morgan fingerprint density at radius 1 is 1.14 bits per heavy atom. The zero-order valence-electron chi connectivity index (χ0n) is 13.1. The van der Waals surface area contributed by atoms with Gasteiger partial charge in [0.1, 0.15) is 0 Å². The van der Waals surface area contributed by atoms with E-state index in [1.807, 2.05) is 13.8 Å². The number of rotatable bonds is 7. The van der Waals surface area contributed by atoms with Gasteiger partial charge in [0.2, 0.25) is 0 Å². The third-order valence-electron chi connectivity index (χ3n) is 3.88. The molecule has 0 aliphatic carbocycles. The van der Waals surface area contributed by atoms with Gasteiger partial charge >= 0.3 is 5.97 Å². The second-order valence-electron chi connectivity index (χ2n) is 5.48. The van der Waals surface area contributed by atoms with Gasteiger partial charge < -0.3 is 9.84 Å². The van der Waals surface area contributed by atoms with E-state index in [4.69, 9.17) is 4.74 Å². The van der Waals surface area contributed by atoms with E-state index in [2.05, 4.69) is 0 Å². The standard InChI is InChI=1S/C17H24O4/c1-5-11(2)15(18)12(3)16(19)13(4)21-17(20)14-9-7-6-8-10-14/h6-13,15,18H,5H2,1-4H3/t11-,12-,13+,15-/m0/s1. The first-order valence-electron chi connectivity index (χ1n) is 7.36. The summed E-state index contributed by atoms with van der Waals surface area (Å²) in [7, 11) is 0. The summed E-state index contributed by atoms with van der Waals surface area (Å²) in [6.07, 6.45) is -0.802. The number of ketones is 1. The molecule has 0 unspecified atom stereocenters. The quantitative estimate of drug-likeness (QED) is 0.785. The minimum atomic E-state index is -0.869. The zero-order valence-corrected chi connectivity index (χ0v) is 13.1. The molecule has 0 heterocycles. The van der Waals surface area contributed by atoms with Gasteiger partial charge in [-0.25, -0.2) is 4.79 Å². The Morgan fingerprint density at radius 3 is 2.24 bits per heavy atom. The van der Waals surface area contributed by atoms with Crippen LogP contribution in [0.2, 0.25) is 0 Å². The highest BCUT2D eigenvalue weighted by Gasteiger charge is 2.31. The van der Waals surface area contributed by atoms with Crippen molar-refractivity contribution in [2.75, 3.05) is 0 Å². The van der Waals surface area contributed by atoms with Crippen molar-refractivity contribution in [1.82, 2.24) is 0 Å². The van der Waals surface area contributed by atoms with Crippen LogP contribution in [0.5, 0.6) is 0 Å². The molecule has 0 bridgehead atoms. The molecule has 0 fully saturated rings. The Labute approximate surface area is 126 Å². The number of ether oxygens (including phenoxy) is 1. The van der Waals surface area contributed by atoms with Gasteiger partial charge in [0.05, 0.1) is 11.7 Å². The number of carbonyl (C=O) groups excluding carboxylic acids is 2. The molecule has 21 heavy (non-hydrogen) atoms. The van der Waals surface area contributed by atoms with Crippen molar-refractivity contribution in [3.8, 4) is 0 Å². The average molecular weight is 292 g/mol. The van der Waals surface area contributed by atoms with E-state index in [9.17, 15) is 14.7 Å². The van der Waals surface area contributed by atoms with Gasteiger partial charge in [0.15, 0.2) is 11.9 Å². The lowest BCUT2D eigenvalue weighted by Gasteiger charge is -2.25. The Bertz CT molecular complexity index is 469. The SMILES string of the molecule is CC[C@H](C)[C@H](O)[C@H](C)C(=O)[C@@H](C)OC(=O)c1ccccc1. The normalized spacial score (nSPS) is 16.6. The summed E-state index contributed by atoms with van der Waals surface area (Å²) < 4.78 is 5.18. The molecule has 0 radical (unpaired) electrons. The van der Waals surface area contributed by atoms with Crippen LogP contribution in [0.4, 0.5) is 0 Å². The molecular weight excluding hydrogens is 268 g/mol. The first kappa shape index (κ1) is 17.4. The molecule has 4 nitrogen and oxygen atoms in total. The Morgan fingerprint density at radius 2 is 1.71 bits per heavy atom. The van der Waals surface area contributed by atoms with Crippen LogP contribution in [0, 0.1) is 11.8 Å². The number of hydrogen-bond acceptors (Lipinski definition) is 4. The van der Waals surface area contributed by atoms with Crippen molar-refractivity contribution in [2.24, 2.45) is 11.8 Å². The molecule has 0 aliphatic rings. The maximum absolute atomic E-state index is 12.2. The van der Waals surface area contributed by atoms with Crippen molar-refractivity contribution in [1.29, 1.82) is 0 Å². The summed E-state index contributed by atoms with van der Waals surface area (Å²) in [6.45, 7) is 7.08. The molecule has 4 heteroatoms. The number of carbonyl (C=O) groups is 2. The van der Waals surface area contributed by atoms with Crippen LogP contribution < -0.4 is 0 Å². The largest absolute Gasteiger partial charge is 0.451 e. The van der Waals surface area contributed by atoms with E-state index in [1.54, 1.807) is 44.2 Å². The van der Waals surface area contributed by atoms with Gasteiger partial charge in [-0.15, -0.1) is 0 Å². The summed E-state index contributed by atoms with van der Waals surface area (Å²) in [5.41, 5.74) is 0.410. The van der Waals surface area contributed by atoms with E-state index in [-0.39, 0.29) is 11.7 Å². The van der Waals surface area contributed by atoms with Crippen LogP contribution in [-0.4, -0.2) is 29.1 Å². The summed E-state index contributed by atoms with van der Waals surface area (Å²) in [4.78, 5) is 24.1. The molecule has 1 aromatic carbocycles. The molecule has 0 saturated heterocycles. The molecule has 0 saturated carbocycles. The Balaban J connectivity index is 2.64. The topological polar surface area (TPSA) is 63.6 Å². The summed E-state index contributed by atoms with van der Waals surface area (Å²) in [6, 6.07) is 8.54. The average Bonchev–Trinajstić information content (AvgIpc) is 2.52. The predicted molar refractivity (Wildman–Crippen MR) is 81.0 cm³/mol. The lowest BCUT2D eigenvalue weighted by Crippen LogP contribution is -2.37. The number of benzene rings is 1. The lowest BCUT2D eigenvalue weighted by atomic mass is 9.87. The fourth-order valence-electron chi connectivity index (χ4n) is 2.13. The highest BCUT2D eigenvalue weighted by Crippen LogP contribution is 2.19. The first-order valence-corrected chi connectivity index (χ1v) is 7.36. The molecule has 0 aliphatic heterocycles. The second kappa shape index (κ2) is 7.93. The highest BCUT2D eigenvalue weighted by molar-refractivity contribution is 5.93. The number of Topliss-reactive ketones (excluding diaryl/α,β-unsaturated/α-hetero) is 1. The van der Waals surface area contributed by atoms with Crippen LogP contribution in [0.25, 0.3) is 0 Å². The number of aliphatic hydroxyl groups is 1. The fraction of sp³-hybridized carbons (Fsp3) is 0.529. The summed E-state index contributed by atoms with van der Waals surface area (Å²) in [5, 5.41) is 10.1. The van der Waals surface area contributed by atoms with Gasteiger partial charge in [0, 0.05) is 5.92 Å². The minimum absolute atomic E-state index is 0.0287. The van der Waals surface area contributed by atoms with Crippen LogP contribution in [0.15, 0.2) is 30.3 Å². The third kappa shape index (κ3) is 4.67. The molecule has 1 aromatic rings. The van der Waals surface area contributed by atoms with E-state index in [0.29, 0.717) is 5.56 Å². The van der Waals surface area contributed by atoms with Crippen molar-refractivity contribution in [3.63, 3.8) is 0 Å².